The highest BCUT2D eigenvalue weighted by atomic mass is 15.0. The van der Waals surface area contributed by atoms with E-state index in [2.05, 4.69) is 67.1 Å². The number of fused-ring (bicyclic) bond motifs is 1. The fourth-order valence-corrected chi connectivity index (χ4v) is 2.76. The Labute approximate surface area is 119 Å². The molecular formula is C18H20N2. The molecule has 2 aromatic carbocycles. The van der Waals surface area contributed by atoms with Crippen LogP contribution in [0.2, 0.25) is 0 Å². The molecular weight excluding hydrogens is 244 g/mol. The van der Waals surface area contributed by atoms with Gasteiger partial charge in [0.25, 0.3) is 0 Å². The smallest absolute Gasteiger partial charge is 0.0561 e. The van der Waals surface area contributed by atoms with Gasteiger partial charge < -0.3 is 10.3 Å². The molecule has 1 heterocycles. The van der Waals surface area contributed by atoms with Crippen LogP contribution < -0.4 is 5.73 Å². The molecule has 2 heteroatoms. The van der Waals surface area contributed by atoms with Crippen LogP contribution in [0.3, 0.4) is 0 Å². The molecule has 1 aromatic heterocycles. The van der Waals surface area contributed by atoms with Gasteiger partial charge in [-0.1, -0.05) is 44.2 Å². The molecule has 0 aliphatic rings. The molecule has 3 rings (SSSR count). The minimum atomic E-state index is 0.617. The zero-order valence-electron chi connectivity index (χ0n) is 12.0. The molecule has 0 fully saturated rings. The van der Waals surface area contributed by atoms with Crippen LogP contribution in [0, 0.1) is 5.92 Å². The number of anilines is 1. The predicted molar refractivity (Wildman–Crippen MR) is 86.6 cm³/mol. The maximum Gasteiger partial charge on any atom is 0.0561 e. The predicted octanol–water partition coefficient (Wildman–Crippen LogP) is 4.55. The minimum absolute atomic E-state index is 0.617. The van der Waals surface area contributed by atoms with Crippen LogP contribution in [0.4, 0.5) is 5.69 Å². The van der Waals surface area contributed by atoms with E-state index in [9.17, 15) is 0 Å². The average Bonchev–Trinajstić information content (AvgIpc) is 2.81. The van der Waals surface area contributed by atoms with Gasteiger partial charge in [-0.2, -0.15) is 0 Å². The summed E-state index contributed by atoms with van der Waals surface area (Å²) in [6, 6.07) is 16.7. The lowest BCUT2D eigenvalue weighted by molar-refractivity contribution is 0.535. The number of benzene rings is 2. The quantitative estimate of drug-likeness (QED) is 0.691. The monoisotopic (exact) mass is 264 g/mol. The van der Waals surface area contributed by atoms with E-state index < -0.39 is 0 Å². The maximum absolute atomic E-state index is 6.06. The first-order valence-electron chi connectivity index (χ1n) is 7.09. The number of aromatic nitrogens is 1. The van der Waals surface area contributed by atoms with Crippen molar-refractivity contribution in [3.8, 4) is 11.1 Å². The van der Waals surface area contributed by atoms with Crippen LogP contribution in [-0.4, -0.2) is 4.57 Å². The van der Waals surface area contributed by atoms with Crippen LogP contribution in [0.5, 0.6) is 0 Å². The van der Waals surface area contributed by atoms with Crippen LogP contribution in [-0.2, 0) is 6.54 Å². The third-order valence-corrected chi connectivity index (χ3v) is 3.53. The van der Waals surface area contributed by atoms with Gasteiger partial charge in [-0.25, -0.2) is 0 Å². The molecule has 0 aliphatic heterocycles. The topological polar surface area (TPSA) is 30.9 Å². The molecule has 102 valence electrons. The molecule has 0 atom stereocenters. The number of rotatable bonds is 3. The average molecular weight is 264 g/mol. The molecule has 0 aliphatic carbocycles. The Bertz CT molecular complexity index is 724. The van der Waals surface area contributed by atoms with E-state index in [-0.39, 0.29) is 0 Å². The number of hydrogen-bond acceptors (Lipinski definition) is 1. The van der Waals surface area contributed by atoms with Crippen molar-refractivity contribution in [1.29, 1.82) is 0 Å². The van der Waals surface area contributed by atoms with Crippen LogP contribution >= 0.6 is 0 Å². The first kappa shape index (κ1) is 12.8. The molecule has 0 amide bonds. The minimum Gasteiger partial charge on any atom is -0.399 e. The van der Waals surface area contributed by atoms with E-state index in [1.54, 1.807) is 0 Å². The second-order valence-corrected chi connectivity index (χ2v) is 5.73. The Morgan fingerprint density at radius 1 is 1.05 bits per heavy atom. The third-order valence-electron chi connectivity index (χ3n) is 3.53. The molecule has 2 nitrogen and oxygen atoms in total. The summed E-state index contributed by atoms with van der Waals surface area (Å²) in [5.74, 6) is 0.617. The van der Waals surface area contributed by atoms with Gasteiger partial charge in [0.2, 0.25) is 0 Å². The number of nitrogens with zero attached hydrogens (tertiary/aromatic N) is 1. The Morgan fingerprint density at radius 3 is 2.50 bits per heavy atom. The van der Waals surface area contributed by atoms with Crippen LogP contribution in [0.1, 0.15) is 13.8 Å². The van der Waals surface area contributed by atoms with E-state index in [0.717, 1.165) is 12.2 Å². The Morgan fingerprint density at radius 2 is 1.80 bits per heavy atom. The summed E-state index contributed by atoms with van der Waals surface area (Å²) in [6.45, 7) is 5.50. The highest BCUT2D eigenvalue weighted by Crippen LogP contribution is 2.32. The first-order valence-corrected chi connectivity index (χ1v) is 7.09. The molecule has 0 bridgehead atoms. The maximum atomic E-state index is 6.06. The van der Waals surface area contributed by atoms with Gasteiger partial charge >= 0.3 is 0 Å². The highest BCUT2D eigenvalue weighted by molar-refractivity contribution is 5.97. The molecule has 0 saturated carbocycles. The van der Waals surface area contributed by atoms with Gasteiger partial charge in [-0.15, -0.1) is 0 Å². The van der Waals surface area contributed by atoms with Gasteiger partial charge in [0, 0.05) is 29.4 Å². The van der Waals surface area contributed by atoms with Gasteiger partial charge in [0.05, 0.1) is 5.52 Å². The van der Waals surface area contributed by atoms with Crippen molar-refractivity contribution in [2.45, 2.75) is 20.4 Å². The number of nitrogens with two attached hydrogens (primary N) is 1. The lowest BCUT2D eigenvalue weighted by atomic mass is 10.0. The zero-order chi connectivity index (χ0) is 14.1. The number of nitrogen functional groups attached to an aromatic ring is 1. The van der Waals surface area contributed by atoms with Gasteiger partial charge in [0.1, 0.15) is 0 Å². The molecule has 20 heavy (non-hydrogen) atoms. The summed E-state index contributed by atoms with van der Waals surface area (Å²) in [6.07, 6.45) is 2.16. The van der Waals surface area contributed by atoms with Gasteiger partial charge in [-0.05, 0) is 29.7 Å². The Hall–Kier alpha value is -2.22. The van der Waals surface area contributed by atoms with Crippen LogP contribution in [0.15, 0.2) is 54.7 Å². The van der Waals surface area contributed by atoms with Crippen molar-refractivity contribution >= 4 is 16.6 Å². The second-order valence-electron chi connectivity index (χ2n) is 5.73. The molecule has 3 aromatic rings. The summed E-state index contributed by atoms with van der Waals surface area (Å²) in [5.41, 5.74) is 10.6. The Kier molecular flexibility index (Phi) is 3.23. The summed E-state index contributed by atoms with van der Waals surface area (Å²) < 4.78 is 2.34. The summed E-state index contributed by atoms with van der Waals surface area (Å²) in [5, 5.41) is 1.21. The fourth-order valence-electron chi connectivity index (χ4n) is 2.76. The second kappa shape index (κ2) is 5.04. The van der Waals surface area contributed by atoms with Gasteiger partial charge in [0.15, 0.2) is 0 Å². The third kappa shape index (κ3) is 2.29. The summed E-state index contributed by atoms with van der Waals surface area (Å²) in [4.78, 5) is 0. The van der Waals surface area contributed by atoms with E-state index in [4.69, 9.17) is 5.73 Å². The molecule has 2 N–H and O–H groups in total. The van der Waals surface area contributed by atoms with Gasteiger partial charge in [-0.3, -0.25) is 0 Å². The first-order chi connectivity index (χ1) is 9.65. The Balaban J connectivity index is 2.26. The molecule has 0 spiro atoms. The van der Waals surface area contributed by atoms with Crippen molar-refractivity contribution in [1.82, 2.24) is 4.57 Å². The summed E-state index contributed by atoms with van der Waals surface area (Å²) >= 11 is 0. The van der Waals surface area contributed by atoms with E-state index in [0.29, 0.717) is 5.92 Å². The SMILES string of the molecule is CC(C)Cn1ccc2cc(N)cc(-c3ccccc3)c21. The van der Waals surface area contributed by atoms with Crippen molar-refractivity contribution in [2.24, 2.45) is 5.92 Å². The number of hydrogen-bond donors (Lipinski definition) is 1. The van der Waals surface area contributed by atoms with E-state index >= 15 is 0 Å². The van der Waals surface area contributed by atoms with E-state index in [1.807, 2.05) is 6.07 Å². The fraction of sp³-hybridized carbons (Fsp3) is 0.222. The van der Waals surface area contributed by atoms with E-state index in [1.165, 1.54) is 22.0 Å². The molecule has 0 saturated heterocycles. The van der Waals surface area contributed by atoms with Crippen molar-refractivity contribution in [3.63, 3.8) is 0 Å². The van der Waals surface area contributed by atoms with Crippen molar-refractivity contribution < 1.29 is 0 Å². The zero-order valence-corrected chi connectivity index (χ0v) is 12.0. The normalized spacial score (nSPS) is 11.3. The van der Waals surface area contributed by atoms with Crippen LogP contribution in [0.25, 0.3) is 22.0 Å². The lowest BCUT2D eigenvalue weighted by Gasteiger charge is -2.13. The lowest BCUT2D eigenvalue weighted by Crippen LogP contribution is -2.03. The molecule has 0 unspecified atom stereocenters. The largest absolute Gasteiger partial charge is 0.399 e. The molecule has 0 radical (unpaired) electrons. The van der Waals surface area contributed by atoms with Crippen molar-refractivity contribution in [2.75, 3.05) is 5.73 Å². The highest BCUT2D eigenvalue weighted by Gasteiger charge is 2.10. The van der Waals surface area contributed by atoms with Crippen molar-refractivity contribution in [3.05, 3.63) is 54.7 Å². The summed E-state index contributed by atoms with van der Waals surface area (Å²) in [7, 11) is 0. The standard InChI is InChI=1S/C18H20N2/c1-13(2)12-20-9-8-15-10-16(19)11-17(18(15)20)14-6-4-3-5-7-14/h3-11,13H,12,19H2,1-2H3.